The van der Waals surface area contributed by atoms with E-state index in [-0.39, 0.29) is 5.57 Å². The second-order valence-electron chi connectivity index (χ2n) is 5.25. The first-order valence-electron chi connectivity index (χ1n) is 7.19. The smallest absolute Gasteiger partial charge is 0.337 e. The number of halogens is 1. The number of carbonyl (C=O) groups is 1. The SMILES string of the molecule is O=C(O)/C(=C\c1ccc(N2CCCC2)cc1)c1ccc(Cl)s1. The van der Waals surface area contributed by atoms with Gasteiger partial charge in [-0.3, -0.25) is 0 Å². The molecule has 2 heterocycles. The van der Waals surface area contributed by atoms with E-state index in [0.29, 0.717) is 9.21 Å². The van der Waals surface area contributed by atoms with Gasteiger partial charge in [-0.05, 0) is 48.7 Å². The van der Waals surface area contributed by atoms with E-state index in [4.69, 9.17) is 11.6 Å². The van der Waals surface area contributed by atoms with Crippen LogP contribution in [0.15, 0.2) is 36.4 Å². The molecule has 114 valence electrons. The fraction of sp³-hybridized carbons (Fsp3) is 0.235. The molecule has 0 atom stereocenters. The number of carboxylic acids is 1. The molecule has 22 heavy (non-hydrogen) atoms. The van der Waals surface area contributed by atoms with Gasteiger partial charge < -0.3 is 10.0 Å². The van der Waals surface area contributed by atoms with E-state index in [0.717, 1.165) is 18.7 Å². The summed E-state index contributed by atoms with van der Waals surface area (Å²) in [5.74, 6) is -0.942. The van der Waals surface area contributed by atoms with E-state index in [1.807, 2.05) is 12.1 Å². The summed E-state index contributed by atoms with van der Waals surface area (Å²) in [6.07, 6.45) is 4.17. The number of hydrogen-bond acceptors (Lipinski definition) is 3. The van der Waals surface area contributed by atoms with Crippen LogP contribution in [-0.2, 0) is 4.79 Å². The van der Waals surface area contributed by atoms with Crippen LogP contribution in [0.4, 0.5) is 5.69 Å². The summed E-state index contributed by atoms with van der Waals surface area (Å²) in [6, 6.07) is 11.5. The zero-order valence-electron chi connectivity index (χ0n) is 12.0. The van der Waals surface area contributed by atoms with Gasteiger partial charge in [0.05, 0.1) is 9.91 Å². The molecule has 1 fully saturated rings. The van der Waals surface area contributed by atoms with Crippen molar-refractivity contribution in [3.05, 3.63) is 51.2 Å². The maximum Gasteiger partial charge on any atom is 0.337 e. The van der Waals surface area contributed by atoms with Gasteiger partial charge in [-0.2, -0.15) is 0 Å². The molecule has 3 rings (SSSR count). The molecule has 5 heteroatoms. The van der Waals surface area contributed by atoms with Gasteiger partial charge in [0.2, 0.25) is 0 Å². The normalized spacial score (nSPS) is 15.3. The zero-order chi connectivity index (χ0) is 15.5. The Morgan fingerprint density at radius 1 is 1.14 bits per heavy atom. The van der Waals surface area contributed by atoms with Crippen LogP contribution in [-0.4, -0.2) is 24.2 Å². The molecule has 1 N–H and O–H groups in total. The second kappa shape index (κ2) is 6.55. The second-order valence-corrected chi connectivity index (χ2v) is 6.97. The third kappa shape index (κ3) is 3.34. The molecule has 1 aromatic carbocycles. The van der Waals surface area contributed by atoms with E-state index in [2.05, 4.69) is 17.0 Å². The molecular weight excluding hydrogens is 318 g/mol. The van der Waals surface area contributed by atoms with Crippen molar-refractivity contribution < 1.29 is 9.90 Å². The molecule has 0 radical (unpaired) electrons. The third-order valence-electron chi connectivity index (χ3n) is 3.74. The minimum absolute atomic E-state index is 0.269. The number of anilines is 1. The predicted octanol–water partition coefficient (Wildman–Crippen LogP) is 4.63. The summed E-state index contributed by atoms with van der Waals surface area (Å²) < 4.78 is 0.589. The Hall–Kier alpha value is -1.78. The average Bonchev–Trinajstić information content (AvgIpc) is 3.16. The van der Waals surface area contributed by atoms with Crippen molar-refractivity contribution in [2.75, 3.05) is 18.0 Å². The fourth-order valence-electron chi connectivity index (χ4n) is 2.62. The summed E-state index contributed by atoms with van der Waals surface area (Å²) in [7, 11) is 0. The van der Waals surface area contributed by atoms with Gasteiger partial charge in [0, 0.05) is 23.7 Å². The maximum absolute atomic E-state index is 11.5. The highest BCUT2D eigenvalue weighted by Crippen LogP contribution is 2.29. The van der Waals surface area contributed by atoms with Crippen LogP contribution >= 0.6 is 22.9 Å². The van der Waals surface area contributed by atoms with Crippen LogP contribution in [0.3, 0.4) is 0 Å². The molecule has 0 saturated carbocycles. The largest absolute Gasteiger partial charge is 0.478 e. The lowest BCUT2D eigenvalue weighted by atomic mass is 10.1. The van der Waals surface area contributed by atoms with Crippen LogP contribution < -0.4 is 4.90 Å². The Labute approximate surface area is 138 Å². The van der Waals surface area contributed by atoms with Crippen LogP contribution in [0, 0.1) is 0 Å². The highest BCUT2D eigenvalue weighted by atomic mass is 35.5. The van der Waals surface area contributed by atoms with Crippen molar-refractivity contribution in [2.24, 2.45) is 0 Å². The van der Waals surface area contributed by atoms with Gasteiger partial charge in [0.15, 0.2) is 0 Å². The molecule has 0 spiro atoms. The van der Waals surface area contributed by atoms with Crippen LogP contribution in [0.2, 0.25) is 4.34 Å². The monoisotopic (exact) mass is 333 g/mol. The number of carboxylic acid groups (broad SMARTS) is 1. The number of hydrogen-bond donors (Lipinski definition) is 1. The molecule has 3 nitrogen and oxygen atoms in total. The highest BCUT2D eigenvalue weighted by molar-refractivity contribution is 7.17. The molecule has 1 aliphatic heterocycles. The molecule has 1 aromatic heterocycles. The lowest BCUT2D eigenvalue weighted by Crippen LogP contribution is -2.17. The summed E-state index contributed by atoms with van der Waals surface area (Å²) in [4.78, 5) is 14.5. The van der Waals surface area contributed by atoms with Crippen molar-refractivity contribution in [3.63, 3.8) is 0 Å². The fourth-order valence-corrected chi connectivity index (χ4v) is 3.67. The lowest BCUT2D eigenvalue weighted by molar-refractivity contribution is -0.130. The van der Waals surface area contributed by atoms with Crippen molar-refractivity contribution in [1.82, 2.24) is 0 Å². The molecule has 2 aromatic rings. The Bertz CT molecular complexity index is 700. The van der Waals surface area contributed by atoms with E-state index < -0.39 is 5.97 Å². The highest BCUT2D eigenvalue weighted by Gasteiger charge is 2.14. The van der Waals surface area contributed by atoms with Gasteiger partial charge in [-0.15, -0.1) is 11.3 Å². The Morgan fingerprint density at radius 2 is 1.82 bits per heavy atom. The quantitative estimate of drug-likeness (QED) is 0.829. The van der Waals surface area contributed by atoms with Crippen LogP contribution in [0.5, 0.6) is 0 Å². The zero-order valence-corrected chi connectivity index (χ0v) is 13.5. The van der Waals surface area contributed by atoms with Crippen molar-refractivity contribution in [3.8, 4) is 0 Å². The topological polar surface area (TPSA) is 40.5 Å². The molecule has 1 saturated heterocycles. The number of nitrogens with zero attached hydrogens (tertiary/aromatic N) is 1. The summed E-state index contributed by atoms with van der Waals surface area (Å²) in [5, 5.41) is 9.41. The Morgan fingerprint density at radius 3 is 2.36 bits per heavy atom. The van der Waals surface area contributed by atoms with Gasteiger partial charge in [0.1, 0.15) is 0 Å². The van der Waals surface area contributed by atoms with Gasteiger partial charge in [-0.1, -0.05) is 23.7 Å². The lowest BCUT2D eigenvalue weighted by Gasteiger charge is -2.17. The molecular formula is C17H16ClNO2S. The van der Waals surface area contributed by atoms with Gasteiger partial charge in [0.25, 0.3) is 0 Å². The van der Waals surface area contributed by atoms with Crippen LogP contribution in [0.1, 0.15) is 23.3 Å². The maximum atomic E-state index is 11.5. The summed E-state index contributed by atoms with van der Waals surface area (Å²) in [6.45, 7) is 2.20. The first-order valence-corrected chi connectivity index (χ1v) is 8.38. The van der Waals surface area contributed by atoms with E-state index in [1.165, 1.54) is 29.9 Å². The molecule has 0 unspecified atom stereocenters. The van der Waals surface area contributed by atoms with E-state index >= 15 is 0 Å². The Kier molecular flexibility index (Phi) is 4.50. The average molecular weight is 334 g/mol. The summed E-state index contributed by atoms with van der Waals surface area (Å²) >= 11 is 7.17. The van der Waals surface area contributed by atoms with E-state index in [1.54, 1.807) is 18.2 Å². The standard InChI is InChI=1S/C17H16ClNO2S/c18-16-8-7-15(22-16)14(17(20)21)11-12-3-5-13(6-4-12)19-9-1-2-10-19/h3-8,11H,1-2,9-10H2,(H,20,21)/b14-11-. The molecule has 0 amide bonds. The first-order chi connectivity index (χ1) is 10.6. The third-order valence-corrected chi connectivity index (χ3v) is 5.01. The number of benzene rings is 1. The number of aliphatic carboxylic acids is 1. The van der Waals surface area contributed by atoms with Crippen molar-refractivity contribution in [2.45, 2.75) is 12.8 Å². The van der Waals surface area contributed by atoms with Crippen LogP contribution in [0.25, 0.3) is 11.6 Å². The van der Waals surface area contributed by atoms with E-state index in [9.17, 15) is 9.90 Å². The minimum Gasteiger partial charge on any atom is -0.478 e. The first kappa shape index (κ1) is 15.1. The molecule has 0 aliphatic carbocycles. The minimum atomic E-state index is -0.942. The van der Waals surface area contributed by atoms with Crippen molar-refractivity contribution >= 4 is 46.2 Å². The van der Waals surface area contributed by atoms with Gasteiger partial charge in [-0.25, -0.2) is 4.79 Å². The number of rotatable bonds is 4. The molecule has 0 bridgehead atoms. The van der Waals surface area contributed by atoms with Gasteiger partial charge >= 0.3 is 5.97 Å². The predicted molar refractivity (Wildman–Crippen MR) is 92.7 cm³/mol. The number of thiophene rings is 1. The van der Waals surface area contributed by atoms with Crippen molar-refractivity contribution in [1.29, 1.82) is 0 Å². The Balaban J connectivity index is 1.86. The summed E-state index contributed by atoms with van der Waals surface area (Å²) in [5.41, 5.74) is 2.35. The molecule has 1 aliphatic rings.